The summed E-state index contributed by atoms with van der Waals surface area (Å²) in [6.45, 7) is 5.96. The van der Waals surface area contributed by atoms with Crippen LogP contribution in [0, 0.1) is 6.92 Å². The summed E-state index contributed by atoms with van der Waals surface area (Å²) in [4.78, 5) is 21.1. The van der Waals surface area contributed by atoms with E-state index in [1.54, 1.807) is 18.3 Å². The van der Waals surface area contributed by atoms with Crippen molar-refractivity contribution in [1.29, 1.82) is 0 Å². The molecule has 0 bridgehead atoms. The molecule has 0 atom stereocenters. The van der Waals surface area contributed by atoms with E-state index < -0.39 is 0 Å². The molecule has 0 aliphatic carbocycles. The molecule has 0 radical (unpaired) electrons. The third-order valence-corrected chi connectivity index (χ3v) is 4.34. The highest BCUT2D eigenvalue weighted by Crippen LogP contribution is 2.20. The number of benzene rings is 2. The zero-order chi connectivity index (χ0) is 20.5. The number of hydrogen-bond donors (Lipinski definition) is 2. The standard InChI is InChI=1S/C23H26N4O2/c1-3-29-16-4-14-25-23(28)19-9-11-20(12-10-19)26-21-13-15-24-22(27-21)18-7-5-17(2)6-8-18/h5-13,15H,3-4,14,16H2,1-2H3,(H,25,28)(H,24,26,27). The molecule has 1 aromatic heterocycles. The van der Waals surface area contributed by atoms with Gasteiger partial charge in [0.25, 0.3) is 5.91 Å². The Bertz CT molecular complexity index is 924. The van der Waals surface area contributed by atoms with Gasteiger partial charge in [0.1, 0.15) is 5.82 Å². The molecule has 0 aliphatic rings. The predicted molar refractivity (Wildman–Crippen MR) is 115 cm³/mol. The lowest BCUT2D eigenvalue weighted by Gasteiger charge is -2.09. The number of rotatable bonds is 9. The quantitative estimate of drug-likeness (QED) is 0.531. The molecule has 0 saturated heterocycles. The first-order valence-electron chi connectivity index (χ1n) is 9.79. The van der Waals surface area contributed by atoms with Crippen LogP contribution in [-0.2, 0) is 4.74 Å². The van der Waals surface area contributed by atoms with Crippen molar-refractivity contribution in [2.75, 3.05) is 25.1 Å². The molecule has 1 amide bonds. The zero-order valence-electron chi connectivity index (χ0n) is 16.8. The van der Waals surface area contributed by atoms with Gasteiger partial charge in [-0.2, -0.15) is 0 Å². The van der Waals surface area contributed by atoms with Gasteiger partial charge in [-0.3, -0.25) is 4.79 Å². The topological polar surface area (TPSA) is 76.1 Å². The first kappa shape index (κ1) is 20.5. The molecule has 6 heteroatoms. The van der Waals surface area contributed by atoms with E-state index in [4.69, 9.17) is 4.74 Å². The highest BCUT2D eigenvalue weighted by atomic mass is 16.5. The third kappa shape index (κ3) is 6.12. The lowest BCUT2D eigenvalue weighted by Crippen LogP contribution is -2.25. The maximum absolute atomic E-state index is 12.2. The van der Waals surface area contributed by atoms with Gasteiger partial charge in [-0.05, 0) is 50.6 Å². The SMILES string of the molecule is CCOCCCNC(=O)c1ccc(Nc2ccnc(-c3ccc(C)cc3)n2)cc1. The van der Waals surface area contributed by atoms with E-state index in [1.165, 1.54) is 5.56 Å². The Morgan fingerprint density at radius 1 is 1.03 bits per heavy atom. The van der Waals surface area contributed by atoms with Gasteiger partial charge in [0.05, 0.1) is 0 Å². The molecule has 3 aromatic rings. The molecular weight excluding hydrogens is 364 g/mol. The van der Waals surface area contributed by atoms with Crippen LogP contribution in [0.25, 0.3) is 11.4 Å². The Labute approximate surface area is 171 Å². The molecule has 6 nitrogen and oxygen atoms in total. The van der Waals surface area contributed by atoms with E-state index in [2.05, 4.69) is 20.6 Å². The number of aryl methyl sites for hydroxylation is 1. The molecule has 150 valence electrons. The van der Waals surface area contributed by atoms with Crippen LogP contribution in [0.1, 0.15) is 29.3 Å². The summed E-state index contributed by atoms with van der Waals surface area (Å²) in [5.74, 6) is 1.28. The van der Waals surface area contributed by atoms with Gasteiger partial charge < -0.3 is 15.4 Å². The van der Waals surface area contributed by atoms with Crippen molar-refractivity contribution in [3.63, 3.8) is 0 Å². The average molecular weight is 390 g/mol. The maximum atomic E-state index is 12.2. The van der Waals surface area contributed by atoms with Crippen molar-refractivity contribution in [2.24, 2.45) is 0 Å². The second kappa shape index (κ2) is 10.3. The fourth-order valence-corrected chi connectivity index (χ4v) is 2.75. The molecule has 29 heavy (non-hydrogen) atoms. The van der Waals surface area contributed by atoms with Crippen molar-refractivity contribution in [3.05, 3.63) is 71.9 Å². The molecule has 0 saturated carbocycles. The van der Waals surface area contributed by atoms with Gasteiger partial charge in [0.15, 0.2) is 5.82 Å². The van der Waals surface area contributed by atoms with E-state index in [0.717, 1.165) is 17.7 Å². The van der Waals surface area contributed by atoms with Gasteiger partial charge in [-0.25, -0.2) is 9.97 Å². The molecule has 0 fully saturated rings. The first-order chi connectivity index (χ1) is 14.2. The number of amides is 1. The summed E-state index contributed by atoms with van der Waals surface area (Å²) in [6, 6.07) is 17.2. The summed E-state index contributed by atoms with van der Waals surface area (Å²) in [5, 5.41) is 6.16. The van der Waals surface area contributed by atoms with Crippen molar-refractivity contribution in [2.45, 2.75) is 20.3 Å². The molecule has 0 spiro atoms. The smallest absolute Gasteiger partial charge is 0.251 e. The predicted octanol–water partition coefficient (Wildman–Crippen LogP) is 4.35. The normalized spacial score (nSPS) is 10.6. The number of hydrogen-bond acceptors (Lipinski definition) is 5. The van der Waals surface area contributed by atoms with Crippen molar-refractivity contribution < 1.29 is 9.53 Å². The van der Waals surface area contributed by atoms with Crippen molar-refractivity contribution in [3.8, 4) is 11.4 Å². The summed E-state index contributed by atoms with van der Waals surface area (Å²) in [5.41, 5.74) is 3.64. The molecular formula is C23H26N4O2. The van der Waals surface area contributed by atoms with E-state index in [1.807, 2.05) is 56.3 Å². The van der Waals surface area contributed by atoms with Crippen LogP contribution in [-0.4, -0.2) is 35.6 Å². The second-order valence-electron chi connectivity index (χ2n) is 6.64. The van der Waals surface area contributed by atoms with Crippen LogP contribution in [0.15, 0.2) is 60.8 Å². The summed E-state index contributed by atoms with van der Waals surface area (Å²) in [7, 11) is 0. The molecule has 1 heterocycles. The molecule has 0 aliphatic heterocycles. The van der Waals surface area contributed by atoms with Gasteiger partial charge in [0.2, 0.25) is 0 Å². The molecule has 0 unspecified atom stereocenters. The lowest BCUT2D eigenvalue weighted by atomic mass is 10.1. The molecule has 3 rings (SSSR count). The Morgan fingerprint density at radius 2 is 1.79 bits per heavy atom. The Kier molecular flexibility index (Phi) is 7.30. The third-order valence-electron chi connectivity index (χ3n) is 4.34. The van der Waals surface area contributed by atoms with E-state index in [0.29, 0.717) is 37.0 Å². The summed E-state index contributed by atoms with van der Waals surface area (Å²) >= 11 is 0. The maximum Gasteiger partial charge on any atom is 0.251 e. The van der Waals surface area contributed by atoms with Gasteiger partial charge >= 0.3 is 0 Å². The number of aromatic nitrogens is 2. The van der Waals surface area contributed by atoms with Crippen LogP contribution in [0.4, 0.5) is 11.5 Å². The number of carbonyl (C=O) groups is 1. The monoisotopic (exact) mass is 390 g/mol. The molecule has 2 N–H and O–H groups in total. The minimum Gasteiger partial charge on any atom is -0.382 e. The van der Waals surface area contributed by atoms with Gasteiger partial charge in [-0.15, -0.1) is 0 Å². The van der Waals surface area contributed by atoms with Crippen LogP contribution in [0.5, 0.6) is 0 Å². The van der Waals surface area contributed by atoms with Crippen molar-refractivity contribution >= 4 is 17.4 Å². The van der Waals surface area contributed by atoms with Crippen LogP contribution >= 0.6 is 0 Å². The second-order valence-corrected chi connectivity index (χ2v) is 6.64. The fraction of sp³-hybridized carbons (Fsp3) is 0.261. The zero-order valence-corrected chi connectivity index (χ0v) is 16.8. The Balaban J connectivity index is 1.59. The minimum atomic E-state index is -0.0864. The number of carbonyl (C=O) groups excluding carboxylic acids is 1. The average Bonchev–Trinajstić information content (AvgIpc) is 2.75. The lowest BCUT2D eigenvalue weighted by molar-refractivity contribution is 0.0944. The van der Waals surface area contributed by atoms with Crippen LogP contribution in [0.2, 0.25) is 0 Å². The van der Waals surface area contributed by atoms with Crippen LogP contribution in [0.3, 0.4) is 0 Å². The number of nitrogens with one attached hydrogen (secondary N) is 2. The fourth-order valence-electron chi connectivity index (χ4n) is 2.75. The van der Waals surface area contributed by atoms with Crippen molar-refractivity contribution in [1.82, 2.24) is 15.3 Å². The Hall–Kier alpha value is -3.25. The summed E-state index contributed by atoms with van der Waals surface area (Å²) < 4.78 is 5.27. The highest BCUT2D eigenvalue weighted by molar-refractivity contribution is 5.94. The first-order valence-corrected chi connectivity index (χ1v) is 9.79. The highest BCUT2D eigenvalue weighted by Gasteiger charge is 2.06. The van der Waals surface area contributed by atoms with Gasteiger partial charge in [0, 0.05) is 42.8 Å². The number of ether oxygens (including phenoxy) is 1. The largest absolute Gasteiger partial charge is 0.382 e. The molecule has 2 aromatic carbocycles. The number of anilines is 2. The number of nitrogens with zero attached hydrogens (tertiary/aromatic N) is 2. The minimum absolute atomic E-state index is 0.0864. The Morgan fingerprint density at radius 3 is 2.52 bits per heavy atom. The van der Waals surface area contributed by atoms with Crippen LogP contribution < -0.4 is 10.6 Å². The van der Waals surface area contributed by atoms with E-state index in [9.17, 15) is 4.79 Å². The summed E-state index contributed by atoms with van der Waals surface area (Å²) in [6.07, 6.45) is 2.53. The van der Waals surface area contributed by atoms with Gasteiger partial charge in [-0.1, -0.05) is 29.8 Å². The van der Waals surface area contributed by atoms with E-state index in [-0.39, 0.29) is 5.91 Å². The van der Waals surface area contributed by atoms with E-state index >= 15 is 0 Å².